The number of hydrogen-bond donors (Lipinski definition) is 1. The van der Waals surface area contributed by atoms with Gasteiger partial charge in [0.05, 0.1) is 11.8 Å². The molecule has 2 heterocycles. The average Bonchev–Trinajstić information content (AvgIpc) is 2.90. The summed E-state index contributed by atoms with van der Waals surface area (Å²) in [5, 5.41) is 10.8. The molecule has 0 amide bonds. The molecule has 1 N–H and O–H groups in total. The van der Waals surface area contributed by atoms with Crippen LogP contribution < -0.4 is 4.90 Å². The standard InChI is InChI=1S/C17H22N4O/c1-20(16-11-18-8-9-19-16)13-17(22)7-10-21(14-17)12-15-5-3-2-4-6-15/h2-6,8-9,11,22H,7,10,12-14H2,1H3/t17-/m1/s1. The van der Waals surface area contributed by atoms with E-state index in [0.29, 0.717) is 13.1 Å². The minimum absolute atomic E-state index is 0.566. The molecule has 1 aromatic heterocycles. The van der Waals surface area contributed by atoms with Crippen molar-refractivity contribution in [2.75, 3.05) is 31.6 Å². The molecule has 0 saturated carbocycles. The zero-order valence-corrected chi connectivity index (χ0v) is 12.9. The van der Waals surface area contributed by atoms with Crippen LogP contribution in [0.2, 0.25) is 0 Å². The first-order valence-corrected chi connectivity index (χ1v) is 7.60. The van der Waals surface area contributed by atoms with Crippen LogP contribution in [0.4, 0.5) is 5.82 Å². The monoisotopic (exact) mass is 298 g/mol. The smallest absolute Gasteiger partial charge is 0.146 e. The number of aliphatic hydroxyl groups is 1. The van der Waals surface area contributed by atoms with Gasteiger partial charge in [0.2, 0.25) is 0 Å². The highest BCUT2D eigenvalue weighted by molar-refractivity contribution is 5.34. The molecule has 1 fully saturated rings. The predicted molar refractivity (Wildman–Crippen MR) is 86.6 cm³/mol. The number of nitrogens with zero attached hydrogens (tertiary/aromatic N) is 4. The van der Waals surface area contributed by atoms with E-state index >= 15 is 0 Å². The molecule has 0 unspecified atom stereocenters. The van der Waals surface area contributed by atoms with Gasteiger partial charge in [-0.3, -0.25) is 9.88 Å². The number of aromatic nitrogens is 2. The van der Waals surface area contributed by atoms with E-state index in [4.69, 9.17) is 0 Å². The summed E-state index contributed by atoms with van der Waals surface area (Å²) in [6.07, 6.45) is 5.83. The van der Waals surface area contributed by atoms with E-state index in [1.165, 1.54) is 5.56 Å². The molecular formula is C17H22N4O. The Hall–Kier alpha value is -1.98. The van der Waals surface area contributed by atoms with Gasteiger partial charge in [-0.2, -0.15) is 0 Å². The number of β-amino-alcohol motifs (C(OH)–C–C–N with tert-alkyl or cyclic N) is 1. The van der Waals surface area contributed by atoms with Crippen molar-refractivity contribution in [2.24, 2.45) is 0 Å². The number of anilines is 1. The largest absolute Gasteiger partial charge is 0.387 e. The number of likely N-dealkylation sites (N-methyl/N-ethyl adjacent to an activating group) is 1. The molecule has 116 valence electrons. The van der Waals surface area contributed by atoms with Gasteiger partial charge in [-0.25, -0.2) is 4.98 Å². The Morgan fingerprint density at radius 3 is 2.82 bits per heavy atom. The first-order chi connectivity index (χ1) is 10.6. The molecule has 1 aromatic carbocycles. The van der Waals surface area contributed by atoms with E-state index in [9.17, 15) is 5.11 Å². The second kappa shape index (κ2) is 6.42. The van der Waals surface area contributed by atoms with Gasteiger partial charge in [0.25, 0.3) is 0 Å². The first-order valence-electron chi connectivity index (χ1n) is 7.60. The molecular weight excluding hydrogens is 276 g/mol. The molecule has 22 heavy (non-hydrogen) atoms. The molecule has 0 spiro atoms. The number of rotatable bonds is 5. The maximum atomic E-state index is 10.8. The van der Waals surface area contributed by atoms with Crippen molar-refractivity contribution in [2.45, 2.75) is 18.6 Å². The van der Waals surface area contributed by atoms with Crippen LogP contribution in [-0.4, -0.2) is 52.3 Å². The normalized spacial score (nSPS) is 21.9. The molecule has 1 aliphatic heterocycles. The van der Waals surface area contributed by atoms with Crippen molar-refractivity contribution in [3.8, 4) is 0 Å². The fourth-order valence-corrected chi connectivity index (χ4v) is 3.06. The average molecular weight is 298 g/mol. The van der Waals surface area contributed by atoms with E-state index in [1.807, 2.05) is 18.0 Å². The van der Waals surface area contributed by atoms with Gasteiger partial charge in [-0.1, -0.05) is 30.3 Å². The highest BCUT2D eigenvalue weighted by Gasteiger charge is 2.37. The van der Waals surface area contributed by atoms with Gasteiger partial charge in [-0.05, 0) is 12.0 Å². The van der Waals surface area contributed by atoms with Crippen molar-refractivity contribution in [3.05, 3.63) is 54.5 Å². The summed E-state index contributed by atoms with van der Waals surface area (Å²) in [4.78, 5) is 12.6. The molecule has 0 bridgehead atoms. The van der Waals surface area contributed by atoms with Crippen LogP contribution in [0.25, 0.3) is 0 Å². The summed E-state index contributed by atoms with van der Waals surface area (Å²) in [5.41, 5.74) is 0.593. The fourth-order valence-electron chi connectivity index (χ4n) is 3.06. The Balaban J connectivity index is 1.58. The second-order valence-corrected chi connectivity index (χ2v) is 6.09. The lowest BCUT2D eigenvalue weighted by atomic mass is 10.0. The third kappa shape index (κ3) is 3.61. The minimum Gasteiger partial charge on any atom is -0.387 e. The number of hydrogen-bond acceptors (Lipinski definition) is 5. The lowest BCUT2D eigenvalue weighted by Gasteiger charge is -2.29. The zero-order valence-electron chi connectivity index (χ0n) is 12.9. The molecule has 0 radical (unpaired) electrons. The SMILES string of the molecule is CN(C[C@]1(O)CCN(Cc2ccccc2)C1)c1cnccn1. The minimum atomic E-state index is -0.693. The molecule has 3 rings (SSSR count). The van der Waals surface area contributed by atoms with Gasteiger partial charge in [0, 0.05) is 45.6 Å². The number of likely N-dealkylation sites (tertiary alicyclic amines) is 1. The summed E-state index contributed by atoms with van der Waals surface area (Å²) in [6.45, 7) is 3.06. The van der Waals surface area contributed by atoms with E-state index < -0.39 is 5.60 Å². The van der Waals surface area contributed by atoms with Crippen molar-refractivity contribution in [3.63, 3.8) is 0 Å². The van der Waals surface area contributed by atoms with Crippen LogP contribution in [0.1, 0.15) is 12.0 Å². The summed E-state index contributed by atoms with van der Waals surface area (Å²) < 4.78 is 0. The maximum Gasteiger partial charge on any atom is 0.146 e. The molecule has 0 aliphatic carbocycles. The van der Waals surface area contributed by atoms with Crippen LogP contribution in [-0.2, 0) is 6.54 Å². The quantitative estimate of drug-likeness (QED) is 0.907. The Morgan fingerprint density at radius 2 is 2.09 bits per heavy atom. The van der Waals surface area contributed by atoms with Crippen LogP contribution in [0.5, 0.6) is 0 Å². The lowest BCUT2D eigenvalue weighted by Crippen LogP contribution is -2.44. The highest BCUT2D eigenvalue weighted by Crippen LogP contribution is 2.24. The van der Waals surface area contributed by atoms with Crippen molar-refractivity contribution in [1.82, 2.24) is 14.9 Å². The Morgan fingerprint density at radius 1 is 1.27 bits per heavy atom. The Kier molecular flexibility index (Phi) is 4.36. The van der Waals surface area contributed by atoms with Crippen molar-refractivity contribution in [1.29, 1.82) is 0 Å². The third-order valence-electron chi connectivity index (χ3n) is 4.13. The van der Waals surface area contributed by atoms with E-state index in [0.717, 1.165) is 25.3 Å². The summed E-state index contributed by atoms with van der Waals surface area (Å²) in [6, 6.07) is 10.4. The fraction of sp³-hybridized carbons (Fsp3) is 0.412. The van der Waals surface area contributed by atoms with E-state index in [2.05, 4.69) is 39.1 Å². The predicted octanol–water partition coefficient (Wildman–Crippen LogP) is 1.55. The molecule has 1 saturated heterocycles. The lowest BCUT2D eigenvalue weighted by molar-refractivity contribution is 0.0561. The molecule has 2 aromatic rings. The third-order valence-corrected chi connectivity index (χ3v) is 4.13. The summed E-state index contributed by atoms with van der Waals surface area (Å²) >= 11 is 0. The molecule has 5 nitrogen and oxygen atoms in total. The van der Waals surface area contributed by atoms with Gasteiger partial charge < -0.3 is 10.0 Å². The summed E-state index contributed by atoms with van der Waals surface area (Å²) in [5.74, 6) is 0.789. The van der Waals surface area contributed by atoms with E-state index in [-0.39, 0.29) is 0 Å². The topological polar surface area (TPSA) is 52.5 Å². The number of benzene rings is 1. The zero-order chi connectivity index (χ0) is 15.4. The molecule has 1 atom stereocenters. The van der Waals surface area contributed by atoms with Crippen molar-refractivity contribution < 1.29 is 5.11 Å². The Labute approximate surface area is 131 Å². The van der Waals surface area contributed by atoms with E-state index in [1.54, 1.807) is 18.6 Å². The van der Waals surface area contributed by atoms with Crippen molar-refractivity contribution >= 4 is 5.82 Å². The van der Waals surface area contributed by atoms with Gasteiger partial charge in [0.1, 0.15) is 5.82 Å². The maximum absolute atomic E-state index is 10.8. The first kappa shape index (κ1) is 14.9. The van der Waals surface area contributed by atoms with Gasteiger partial charge >= 0.3 is 0 Å². The van der Waals surface area contributed by atoms with Gasteiger partial charge in [0.15, 0.2) is 0 Å². The van der Waals surface area contributed by atoms with Crippen LogP contribution in [0.3, 0.4) is 0 Å². The van der Waals surface area contributed by atoms with Crippen LogP contribution in [0.15, 0.2) is 48.9 Å². The van der Waals surface area contributed by atoms with Crippen LogP contribution >= 0.6 is 0 Å². The highest BCUT2D eigenvalue weighted by atomic mass is 16.3. The Bertz CT molecular complexity index is 592. The second-order valence-electron chi connectivity index (χ2n) is 6.09. The molecule has 5 heteroatoms. The van der Waals surface area contributed by atoms with Crippen LogP contribution in [0, 0.1) is 0 Å². The van der Waals surface area contributed by atoms with Gasteiger partial charge in [-0.15, -0.1) is 0 Å². The molecule has 1 aliphatic rings. The summed E-state index contributed by atoms with van der Waals surface area (Å²) in [7, 11) is 1.95.